The molecule has 0 aliphatic carbocycles. The minimum atomic E-state index is 0.244. The zero-order valence-electron chi connectivity index (χ0n) is 6.70. The molecule has 0 bridgehead atoms. The smallest absolute Gasteiger partial charge is 0.222 e. The molecule has 0 spiro atoms. The molecule has 0 N–H and O–H groups in total. The molecule has 0 saturated carbocycles. The second kappa shape index (κ2) is 4.72. The van der Waals surface area contributed by atoms with E-state index in [4.69, 9.17) is 16.3 Å². The molecule has 0 unspecified atom stereocenters. The third kappa shape index (κ3) is 2.88. The lowest BCUT2D eigenvalue weighted by Gasteiger charge is -1.93. The highest BCUT2D eigenvalue weighted by atomic mass is 35.5. The van der Waals surface area contributed by atoms with E-state index in [-0.39, 0.29) is 5.28 Å². The molecule has 0 amide bonds. The van der Waals surface area contributed by atoms with Crippen LogP contribution >= 0.6 is 11.6 Å². The van der Waals surface area contributed by atoms with Crippen LogP contribution < -0.4 is 0 Å². The number of hydrogen-bond acceptors (Lipinski definition) is 3. The van der Waals surface area contributed by atoms with E-state index in [1.165, 1.54) is 0 Å². The standard InChI is InChI=1S/C8H9ClN2O/c1-2-12-6-4-7-3-5-10-8(9)11-7/h3-6H,2H2,1H3/b6-4+. The van der Waals surface area contributed by atoms with Gasteiger partial charge in [0.1, 0.15) is 0 Å². The van der Waals surface area contributed by atoms with Crippen LogP contribution in [0.15, 0.2) is 18.5 Å². The van der Waals surface area contributed by atoms with Gasteiger partial charge in [0, 0.05) is 6.20 Å². The lowest BCUT2D eigenvalue weighted by Crippen LogP contribution is -1.84. The highest BCUT2D eigenvalue weighted by Gasteiger charge is 1.90. The number of rotatable bonds is 3. The molecule has 1 heterocycles. The van der Waals surface area contributed by atoms with Crippen molar-refractivity contribution in [2.45, 2.75) is 6.92 Å². The van der Waals surface area contributed by atoms with Crippen LogP contribution in [0.2, 0.25) is 5.28 Å². The maximum atomic E-state index is 5.56. The van der Waals surface area contributed by atoms with Gasteiger partial charge in [0.25, 0.3) is 0 Å². The summed E-state index contributed by atoms with van der Waals surface area (Å²) in [4.78, 5) is 7.68. The maximum Gasteiger partial charge on any atom is 0.222 e. The molecular formula is C8H9ClN2O. The second-order valence-electron chi connectivity index (χ2n) is 2.01. The highest BCUT2D eigenvalue weighted by Crippen LogP contribution is 2.02. The zero-order valence-corrected chi connectivity index (χ0v) is 7.45. The normalized spacial score (nSPS) is 10.5. The first kappa shape index (κ1) is 9.00. The van der Waals surface area contributed by atoms with Crippen LogP contribution in [0.1, 0.15) is 12.6 Å². The molecule has 1 aromatic rings. The molecule has 0 radical (unpaired) electrons. The summed E-state index contributed by atoms with van der Waals surface area (Å²) in [7, 11) is 0. The Hall–Kier alpha value is -1.09. The van der Waals surface area contributed by atoms with Crippen molar-refractivity contribution < 1.29 is 4.74 Å². The van der Waals surface area contributed by atoms with Gasteiger partial charge in [-0.3, -0.25) is 0 Å². The summed E-state index contributed by atoms with van der Waals surface area (Å²) in [5.74, 6) is 0. The summed E-state index contributed by atoms with van der Waals surface area (Å²) in [6, 6.07) is 1.75. The van der Waals surface area contributed by atoms with Crippen molar-refractivity contribution in [2.75, 3.05) is 6.61 Å². The molecule has 64 valence electrons. The first-order valence-corrected chi connectivity index (χ1v) is 3.97. The molecule has 1 rings (SSSR count). The van der Waals surface area contributed by atoms with Gasteiger partial charge in [0.05, 0.1) is 18.6 Å². The van der Waals surface area contributed by atoms with Crippen molar-refractivity contribution >= 4 is 17.7 Å². The summed E-state index contributed by atoms with van der Waals surface area (Å²) in [6.07, 6.45) is 4.91. The summed E-state index contributed by atoms with van der Waals surface area (Å²) < 4.78 is 4.99. The molecule has 0 atom stereocenters. The Labute approximate surface area is 76.1 Å². The predicted molar refractivity (Wildman–Crippen MR) is 47.7 cm³/mol. The fourth-order valence-electron chi connectivity index (χ4n) is 0.655. The van der Waals surface area contributed by atoms with E-state index in [9.17, 15) is 0 Å². The van der Waals surface area contributed by atoms with E-state index < -0.39 is 0 Å². The number of aromatic nitrogens is 2. The maximum absolute atomic E-state index is 5.56. The SMILES string of the molecule is CCO/C=C/c1ccnc(Cl)n1. The zero-order chi connectivity index (χ0) is 8.81. The summed E-state index contributed by atoms with van der Waals surface area (Å²) >= 11 is 5.56. The quantitative estimate of drug-likeness (QED) is 0.533. The number of halogens is 1. The summed E-state index contributed by atoms with van der Waals surface area (Å²) in [5.41, 5.74) is 0.739. The van der Waals surface area contributed by atoms with Gasteiger partial charge in [-0.2, -0.15) is 0 Å². The minimum Gasteiger partial charge on any atom is -0.501 e. The van der Waals surface area contributed by atoms with Gasteiger partial charge in [-0.1, -0.05) is 0 Å². The van der Waals surface area contributed by atoms with Crippen molar-refractivity contribution in [3.05, 3.63) is 29.5 Å². The number of nitrogens with zero attached hydrogens (tertiary/aromatic N) is 2. The molecule has 0 fully saturated rings. The molecule has 3 nitrogen and oxygen atoms in total. The second-order valence-corrected chi connectivity index (χ2v) is 2.35. The molecular weight excluding hydrogens is 176 g/mol. The van der Waals surface area contributed by atoms with Crippen molar-refractivity contribution in [1.29, 1.82) is 0 Å². The Morgan fingerprint density at radius 1 is 1.67 bits per heavy atom. The Morgan fingerprint density at radius 3 is 3.17 bits per heavy atom. The molecule has 0 aromatic carbocycles. The van der Waals surface area contributed by atoms with Gasteiger partial charge >= 0.3 is 0 Å². The van der Waals surface area contributed by atoms with Crippen LogP contribution in [-0.2, 0) is 4.74 Å². The van der Waals surface area contributed by atoms with E-state index in [2.05, 4.69) is 9.97 Å². The average molecular weight is 185 g/mol. The number of ether oxygens (including phenoxy) is 1. The first-order chi connectivity index (χ1) is 5.83. The van der Waals surface area contributed by atoms with Crippen LogP contribution in [0.4, 0.5) is 0 Å². The highest BCUT2D eigenvalue weighted by molar-refractivity contribution is 6.28. The summed E-state index contributed by atoms with van der Waals surface area (Å²) in [5, 5.41) is 0.244. The fraction of sp³-hybridized carbons (Fsp3) is 0.250. The largest absolute Gasteiger partial charge is 0.501 e. The van der Waals surface area contributed by atoms with Crippen molar-refractivity contribution in [1.82, 2.24) is 9.97 Å². The van der Waals surface area contributed by atoms with E-state index in [1.807, 2.05) is 6.92 Å². The van der Waals surface area contributed by atoms with Crippen LogP contribution in [0.3, 0.4) is 0 Å². The Morgan fingerprint density at radius 2 is 2.50 bits per heavy atom. The fourth-order valence-corrected chi connectivity index (χ4v) is 0.809. The Kier molecular flexibility index (Phi) is 3.54. The van der Waals surface area contributed by atoms with Crippen molar-refractivity contribution in [2.24, 2.45) is 0 Å². The third-order valence-corrected chi connectivity index (χ3v) is 1.33. The molecule has 0 saturated heterocycles. The van der Waals surface area contributed by atoms with E-state index >= 15 is 0 Å². The molecule has 0 aliphatic heterocycles. The number of hydrogen-bond donors (Lipinski definition) is 0. The van der Waals surface area contributed by atoms with Crippen LogP contribution in [0.25, 0.3) is 6.08 Å². The van der Waals surface area contributed by atoms with Gasteiger partial charge in [-0.05, 0) is 30.7 Å². The third-order valence-electron chi connectivity index (χ3n) is 1.15. The monoisotopic (exact) mass is 184 g/mol. The van der Waals surface area contributed by atoms with Crippen LogP contribution in [0.5, 0.6) is 0 Å². The van der Waals surface area contributed by atoms with Crippen molar-refractivity contribution in [3.63, 3.8) is 0 Å². The topological polar surface area (TPSA) is 35.0 Å². The predicted octanol–water partition coefficient (Wildman–Crippen LogP) is 2.14. The van der Waals surface area contributed by atoms with Gasteiger partial charge in [-0.15, -0.1) is 0 Å². The lowest BCUT2D eigenvalue weighted by molar-refractivity contribution is 0.272. The molecule has 0 aliphatic rings. The van der Waals surface area contributed by atoms with Gasteiger partial charge in [0.15, 0.2) is 0 Å². The molecule has 12 heavy (non-hydrogen) atoms. The van der Waals surface area contributed by atoms with Gasteiger partial charge in [0.2, 0.25) is 5.28 Å². The van der Waals surface area contributed by atoms with E-state index in [1.54, 1.807) is 24.6 Å². The van der Waals surface area contributed by atoms with Crippen LogP contribution in [0, 0.1) is 0 Å². The van der Waals surface area contributed by atoms with Crippen LogP contribution in [-0.4, -0.2) is 16.6 Å². The molecule has 1 aromatic heterocycles. The van der Waals surface area contributed by atoms with E-state index in [0.29, 0.717) is 6.61 Å². The Bertz CT molecular complexity index is 276. The Balaban J connectivity index is 2.63. The molecule has 4 heteroatoms. The van der Waals surface area contributed by atoms with Gasteiger partial charge < -0.3 is 4.74 Å². The lowest BCUT2D eigenvalue weighted by atomic mass is 10.4. The summed E-state index contributed by atoms with van der Waals surface area (Å²) in [6.45, 7) is 2.56. The minimum absolute atomic E-state index is 0.244. The van der Waals surface area contributed by atoms with E-state index in [0.717, 1.165) is 5.69 Å². The van der Waals surface area contributed by atoms with Gasteiger partial charge in [-0.25, -0.2) is 9.97 Å². The average Bonchev–Trinajstić information content (AvgIpc) is 2.05. The van der Waals surface area contributed by atoms with Crippen molar-refractivity contribution in [3.8, 4) is 0 Å². The first-order valence-electron chi connectivity index (χ1n) is 3.59.